The van der Waals surface area contributed by atoms with E-state index in [1.54, 1.807) is 6.92 Å². The molecule has 0 fully saturated rings. The van der Waals surface area contributed by atoms with Crippen LogP contribution in [0.5, 0.6) is 5.75 Å². The first-order valence-electron chi connectivity index (χ1n) is 9.18. The van der Waals surface area contributed by atoms with E-state index in [4.69, 9.17) is 13.6 Å². The van der Waals surface area contributed by atoms with Gasteiger partial charge in [0.1, 0.15) is 22.5 Å². The van der Waals surface area contributed by atoms with E-state index in [1.807, 2.05) is 26.0 Å². The van der Waals surface area contributed by atoms with E-state index in [2.05, 4.69) is 13.0 Å². The van der Waals surface area contributed by atoms with E-state index in [1.165, 1.54) is 6.07 Å². The van der Waals surface area contributed by atoms with Crippen molar-refractivity contribution in [3.63, 3.8) is 0 Å². The van der Waals surface area contributed by atoms with Crippen LogP contribution in [0.3, 0.4) is 0 Å². The van der Waals surface area contributed by atoms with Crippen LogP contribution in [0.2, 0.25) is 0 Å². The summed E-state index contributed by atoms with van der Waals surface area (Å²) in [6, 6.07) is 4.21. The Labute approximate surface area is 156 Å². The normalized spacial score (nSPS) is 15.1. The molecular weight excluding hydrogens is 344 g/mol. The van der Waals surface area contributed by atoms with Crippen LogP contribution in [-0.4, -0.2) is 5.60 Å². The number of hydrogen-bond donors (Lipinski definition) is 0. The Morgan fingerprint density at radius 2 is 1.89 bits per heavy atom. The summed E-state index contributed by atoms with van der Waals surface area (Å²) >= 11 is 0. The van der Waals surface area contributed by atoms with Gasteiger partial charge in [0.2, 0.25) is 0 Å². The average Bonchev–Trinajstić information content (AvgIpc) is 2.57. The molecule has 0 bridgehead atoms. The first kappa shape index (κ1) is 17.6. The Hall–Kier alpha value is -2.82. The van der Waals surface area contributed by atoms with E-state index in [9.17, 15) is 9.59 Å². The first-order valence-corrected chi connectivity index (χ1v) is 9.18. The van der Waals surface area contributed by atoms with Crippen molar-refractivity contribution >= 4 is 28.0 Å². The maximum Gasteiger partial charge on any atom is 0.344 e. The summed E-state index contributed by atoms with van der Waals surface area (Å²) in [6.07, 6.45) is 6.36. The van der Waals surface area contributed by atoms with Gasteiger partial charge in [-0.25, -0.2) is 4.79 Å². The number of aryl methyl sites for hydroxylation is 2. The van der Waals surface area contributed by atoms with Crippen molar-refractivity contribution in [1.82, 2.24) is 0 Å². The highest BCUT2D eigenvalue weighted by atomic mass is 16.5. The molecule has 5 nitrogen and oxygen atoms in total. The number of hydrogen-bond acceptors (Lipinski definition) is 5. The fourth-order valence-electron chi connectivity index (χ4n) is 3.54. The predicted molar refractivity (Wildman–Crippen MR) is 104 cm³/mol. The first-order chi connectivity index (χ1) is 12.8. The summed E-state index contributed by atoms with van der Waals surface area (Å²) in [5.74, 6) is 1.06. The van der Waals surface area contributed by atoms with Gasteiger partial charge in [-0.3, -0.25) is 4.79 Å². The van der Waals surface area contributed by atoms with E-state index in [-0.39, 0.29) is 16.4 Å². The van der Waals surface area contributed by atoms with E-state index >= 15 is 0 Å². The van der Waals surface area contributed by atoms with Crippen LogP contribution < -0.4 is 15.8 Å². The summed E-state index contributed by atoms with van der Waals surface area (Å²) in [4.78, 5) is 24.9. The molecule has 27 heavy (non-hydrogen) atoms. The van der Waals surface area contributed by atoms with Gasteiger partial charge in [-0.2, -0.15) is 0 Å². The minimum absolute atomic E-state index is 0.221. The highest BCUT2D eigenvalue weighted by molar-refractivity contribution is 6.10. The summed E-state index contributed by atoms with van der Waals surface area (Å²) in [7, 11) is 0. The zero-order chi connectivity index (χ0) is 19.3. The molecule has 1 radical (unpaired) electrons. The van der Waals surface area contributed by atoms with Crippen molar-refractivity contribution in [2.75, 3.05) is 0 Å². The lowest BCUT2D eigenvalue weighted by Gasteiger charge is -2.29. The van der Waals surface area contributed by atoms with Crippen LogP contribution in [-0.2, 0) is 6.42 Å². The molecule has 0 spiro atoms. The Morgan fingerprint density at radius 3 is 2.63 bits per heavy atom. The lowest BCUT2D eigenvalue weighted by atomic mass is 9.94. The van der Waals surface area contributed by atoms with Crippen LogP contribution in [0.4, 0.5) is 0 Å². The third-order valence-electron chi connectivity index (χ3n) is 4.79. The Kier molecular flexibility index (Phi) is 3.98. The van der Waals surface area contributed by atoms with Crippen molar-refractivity contribution in [3.8, 4) is 5.75 Å². The Bertz CT molecular complexity index is 1210. The SMILES string of the molecule is CCCCc1[c]c(=O)oc2c1c1c(c3oc(C)cc(=O)c32)C=CC(C)(C)O1. The van der Waals surface area contributed by atoms with Crippen LogP contribution >= 0.6 is 0 Å². The third kappa shape index (κ3) is 2.87. The molecule has 139 valence electrons. The monoisotopic (exact) mass is 365 g/mol. The molecule has 5 heteroatoms. The number of rotatable bonds is 3. The van der Waals surface area contributed by atoms with Crippen LogP contribution in [0.1, 0.15) is 50.5 Å². The summed E-state index contributed by atoms with van der Waals surface area (Å²) in [5, 5.41) is 0.908. The average molecular weight is 365 g/mol. The van der Waals surface area contributed by atoms with Crippen LogP contribution in [0.25, 0.3) is 28.0 Å². The number of benzene rings is 1. The molecule has 0 saturated carbocycles. The molecule has 0 unspecified atom stereocenters. The van der Waals surface area contributed by atoms with Gasteiger partial charge in [0.25, 0.3) is 0 Å². The summed E-state index contributed by atoms with van der Waals surface area (Å²) < 4.78 is 17.6. The number of unbranched alkanes of at least 4 members (excludes halogenated alkanes) is 1. The fourth-order valence-corrected chi connectivity index (χ4v) is 3.54. The zero-order valence-corrected chi connectivity index (χ0v) is 15.9. The lowest BCUT2D eigenvalue weighted by Crippen LogP contribution is -2.28. The van der Waals surface area contributed by atoms with Gasteiger partial charge >= 0.3 is 5.63 Å². The maximum atomic E-state index is 12.8. The second-order valence-electron chi connectivity index (χ2n) is 7.51. The molecule has 0 N–H and O–H groups in total. The van der Waals surface area contributed by atoms with Crippen molar-refractivity contribution in [2.24, 2.45) is 0 Å². The molecule has 2 aromatic heterocycles. The number of fused-ring (bicyclic) bond motifs is 6. The van der Waals surface area contributed by atoms with Gasteiger partial charge in [-0.05, 0) is 51.3 Å². The second kappa shape index (κ2) is 6.12. The van der Waals surface area contributed by atoms with Gasteiger partial charge < -0.3 is 13.6 Å². The summed E-state index contributed by atoms with van der Waals surface area (Å²) in [5.41, 5.74) is 0.639. The lowest BCUT2D eigenvalue weighted by molar-refractivity contribution is 0.161. The Morgan fingerprint density at radius 1 is 1.11 bits per heavy atom. The largest absolute Gasteiger partial charge is 0.482 e. The van der Waals surface area contributed by atoms with Crippen molar-refractivity contribution in [2.45, 2.75) is 52.6 Å². The topological polar surface area (TPSA) is 69.7 Å². The van der Waals surface area contributed by atoms with Crippen molar-refractivity contribution in [1.29, 1.82) is 0 Å². The highest BCUT2D eigenvalue weighted by Gasteiger charge is 2.30. The van der Waals surface area contributed by atoms with Gasteiger partial charge in [-0.15, -0.1) is 0 Å². The highest BCUT2D eigenvalue weighted by Crippen LogP contribution is 2.43. The molecule has 0 saturated heterocycles. The molecule has 4 rings (SSSR count). The van der Waals surface area contributed by atoms with Gasteiger partial charge in [-0.1, -0.05) is 13.3 Å². The van der Waals surface area contributed by atoms with Gasteiger partial charge in [0.15, 0.2) is 16.6 Å². The second-order valence-corrected chi connectivity index (χ2v) is 7.51. The minimum atomic E-state index is -0.597. The summed E-state index contributed by atoms with van der Waals surface area (Å²) in [6.45, 7) is 7.70. The smallest absolute Gasteiger partial charge is 0.344 e. The van der Waals surface area contributed by atoms with E-state index < -0.39 is 11.2 Å². The Balaban J connectivity index is 2.25. The quantitative estimate of drug-likeness (QED) is 0.504. The molecule has 3 aromatic rings. The van der Waals surface area contributed by atoms with Crippen molar-refractivity contribution < 1.29 is 13.6 Å². The molecule has 0 aliphatic carbocycles. The van der Waals surface area contributed by atoms with Crippen molar-refractivity contribution in [3.05, 3.63) is 55.7 Å². The molecule has 1 aliphatic rings. The molecule has 0 atom stereocenters. The molecule has 1 aromatic carbocycles. The molecule has 0 amide bonds. The molecule has 3 heterocycles. The molecular formula is C22H21O5. The zero-order valence-electron chi connectivity index (χ0n) is 15.9. The third-order valence-corrected chi connectivity index (χ3v) is 4.79. The predicted octanol–water partition coefficient (Wildman–Crippen LogP) is 4.53. The number of ether oxygens (including phenoxy) is 1. The maximum absolute atomic E-state index is 12.8. The van der Waals surface area contributed by atoms with Gasteiger partial charge in [0, 0.05) is 6.07 Å². The standard InChI is InChI=1S/C22H21O5/c1-5-6-7-13-11-16(24)26-21-17(13)20-14(8-9-22(3,4)27-20)19-18(21)15(23)10-12(2)25-19/h8-10H,5-7H2,1-4H3. The molecule has 1 aliphatic heterocycles. The minimum Gasteiger partial charge on any atom is -0.482 e. The van der Waals surface area contributed by atoms with E-state index in [0.717, 1.165) is 12.8 Å². The van der Waals surface area contributed by atoms with E-state index in [0.29, 0.717) is 40.0 Å². The fraction of sp³-hybridized carbons (Fsp3) is 0.364. The van der Waals surface area contributed by atoms with Crippen LogP contribution in [0, 0.1) is 13.0 Å². The van der Waals surface area contributed by atoms with Gasteiger partial charge in [0.05, 0.1) is 17.0 Å². The van der Waals surface area contributed by atoms with Crippen LogP contribution in [0.15, 0.2) is 30.6 Å².